The molecule has 0 aromatic rings. The highest BCUT2D eigenvalue weighted by Crippen LogP contribution is 2.38. The van der Waals surface area contributed by atoms with Crippen LogP contribution in [0.5, 0.6) is 0 Å². The molecule has 1 saturated carbocycles. The fraction of sp³-hybridized carbons (Fsp3) is 0.929. The van der Waals surface area contributed by atoms with E-state index in [1.807, 2.05) is 0 Å². The summed E-state index contributed by atoms with van der Waals surface area (Å²) in [6.45, 7) is 7.64. The molecule has 1 N–H and O–H groups in total. The first-order valence-electron chi connectivity index (χ1n) is 7.01. The van der Waals surface area contributed by atoms with Gasteiger partial charge in [-0.25, -0.2) is 0 Å². The van der Waals surface area contributed by atoms with Crippen LogP contribution in [0.2, 0.25) is 0 Å². The van der Waals surface area contributed by atoms with Crippen molar-refractivity contribution in [1.82, 2.24) is 4.90 Å². The molecule has 3 nitrogen and oxygen atoms in total. The van der Waals surface area contributed by atoms with Gasteiger partial charge in [0, 0.05) is 6.04 Å². The van der Waals surface area contributed by atoms with Crippen LogP contribution in [-0.4, -0.2) is 34.6 Å². The highest BCUT2D eigenvalue weighted by atomic mass is 16.4. The van der Waals surface area contributed by atoms with Crippen LogP contribution in [0.25, 0.3) is 0 Å². The van der Waals surface area contributed by atoms with Crippen LogP contribution in [0.4, 0.5) is 0 Å². The average Bonchev–Trinajstić information content (AvgIpc) is 2.60. The summed E-state index contributed by atoms with van der Waals surface area (Å²) in [5.74, 6) is 0.964. The monoisotopic (exact) mass is 239 g/mol. The Kier molecular flexibility index (Phi) is 3.76. The van der Waals surface area contributed by atoms with E-state index in [0.29, 0.717) is 23.8 Å². The van der Waals surface area contributed by atoms with Gasteiger partial charge in [0.05, 0.1) is 0 Å². The second-order valence-electron chi connectivity index (χ2n) is 6.16. The van der Waals surface area contributed by atoms with Gasteiger partial charge in [-0.2, -0.15) is 0 Å². The van der Waals surface area contributed by atoms with Crippen molar-refractivity contribution in [3.63, 3.8) is 0 Å². The van der Waals surface area contributed by atoms with Crippen LogP contribution in [0.15, 0.2) is 0 Å². The molecule has 0 bridgehead atoms. The lowest BCUT2D eigenvalue weighted by atomic mass is 9.77. The van der Waals surface area contributed by atoms with Crippen LogP contribution in [-0.2, 0) is 4.79 Å². The zero-order chi connectivity index (χ0) is 12.6. The Morgan fingerprint density at radius 2 is 1.65 bits per heavy atom. The lowest BCUT2D eigenvalue weighted by Gasteiger charge is -2.43. The minimum absolute atomic E-state index is 0.247. The van der Waals surface area contributed by atoms with Gasteiger partial charge in [-0.05, 0) is 43.6 Å². The van der Waals surface area contributed by atoms with E-state index >= 15 is 0 Å². The number of hydrogen-bond acceptors (Lipinski definition) is 2. The molecule has 0 amide bonds. The fourth-order valence-electron chi connectivity index (χ4n) is 4.01. The molecule has 1 saturated heterocycles. The molecule has 0 radical (unpaired) electrons. The van der Waals surface area contributed by atoms with E-state index in [-0.39, 0.29) is 6.04 Å². The quantitative estimate of drug-likeness (QED) is 0.805. The maximum Gasteiger partial charge on any atom is 0.321 e. The molecule has 0 aromatic heterocycles. The Bertz CT molecular complexity index is 282. The molecule has 1 aliphatic heterocycles. The van der Waals surface area contributed by atoms with Gasteiger partial charge in [-0.3, -0.25) is 9.69 Å². The Hall–Kier alpha value is -0.570. The summed E-state index contributed by atoms with van der Waals surface area (Å²) in [5, 5.41) is 9.42. The number of rotatable bonds is 2. The number of carboxylic acids is 1. The van der Waals surface area contributed by atoms with Gasteiger partial charge in [-0.15, -0.1) is 0 Å². The van der Waals surface area contributed by atoms with Crippen LogP contribution < -0.4 is 0 Å². The van der Waals surface area contributed by atoms with E-state index in [9.17, 15) is 9.90 Å². The van der Waals surface area contributed by atoms with E-state index in [1.165, 1.54) is 19.3 Å². The van der Waals surface area contributed by atoms with Crippen molar-refractivity contribution in [2.24, 2.45) is 17.8 Å². The van der Waals surface area contributed by atoms with Crippen LogP contribution >= 0.6 is 0 Å². The minimum atomic E-state index is -0.625. The van der Waals surface area contributed by atoms with Gasteiger partial charge in [0.1, 0.15) is 6.04 Å². The molecule has 17 heavy (non-hydrogen) atoms. The molecule has 4 unspecified atom stereocenters. The smallest absolute Gasteiger partial charge is 0.321 e. The number of likely N-dealkylation sites (tertiary alicyclic amines) is 1. The second kappa shape index (κ2) is 4.97. The predicted octanol–water partition coefficient (Wildman–Crippen LogP) is 2.61. The van der Waals surface area contributed by atoms with Crippen molar-refractivity contribution in [1.29, 1.82) is 0 Å². The van der Waals surface area contributed by atoms with Crippen molar-refractivity contribution in [2.75, 3.05) is 6.54 Å². The van der Waals surface area contributed by atoms with Gasteiger partial charge >= 0.3 is 5.97 Å². The van der Waals surface area contributed by atoms with Crippen molar-refractivity contribution in [2.45, 2.75) is 58.5 Å². The van der Waals surface area contributed by atoms with E-state index in [2.05, 4.69) is 25.7 Å². The topological polar surface area (TPSA) is 40.5 Å². The second-order valence-corrected chi connectivity index (χ2v) is 6.16. The number of carboxylic acid groups (broad SMARTS) is 1. The molecule has 98 valence electrons. The Morgan fingerprint density at radius 3 is 2.18 bits per heavy atom. The first-order chi connectivity index (χ1) is 8.02. The summed E-state index contributed by atoms with van der Waals surface area (Å²) in [4.78, 5) is 13.7. The van der Waals surface area contributed by atoms with Crippen molar-refractivity contribution >= 4 is 5.97 Å². The molecule has 0 aromatic carbocycles. The van der Waals surface area contributed by atoms with E-state index in [4.69, 9.17) is 0 Å². The van der Waals surface area contributed by atoms with Crippen molar-refractivity contribution < 1.29 is 9.90 Å². The van der Waals surface area contributed by atoms with Crippen LogP contribution in [0.1, 0.15) is 46.5 Å². The molecule has 1 heterocycles. The zero-order valence-corrected chi connectivity index (χ0v) is 11.2. The molecule has 1 aliphatic carbocycles. The molecule has 2 aliphatic rings. The van der Waals surface area contributed by atoms with Gasteiger partial charge in [0.25, 0.3) is 0 Å². The van der Waals surface area contributed by atoms with Crippen LogP contribution in [0.3, 0.4) is 0 Å². The largest absolute Gasteiger partial charge is 0.480 e. The normalized spacial score (nSPS) is 43.8. The van der Waals surface area contributed by atoms with Crippen molar-refractivity contribution in [3.8, 4) is 0 Å². The van der Waals surface area contributed by atoms with E-state index in [0.717, 1.165) is 13.0 Å². The molecular weight excluding hydrogens is 214 g/mol. The Morgan fingerprint density at radius 1 is 1.06 bits per heavy atom. The minimum Gasteiger partial charge on any atom is -0.480 e. The SMILES string of the molecule is CC1CCN(C2C(C)CCCC2C)C1C(=O)O. The van der Waals surface area contributed by atoms with Gasteiger partial charge < -0.3 is 5.11 Å². The third-order valence-electron chi connectivity index (χ3n) is 4.86. The third-order valence-corrected chi connectivity index (χ3v) is 4.86. The molecule has 2 rings (SSSR count). The summed E-state index contributed by atoms with van der Waals surface area (Å²) in [7, 11) is 0. The van der Waals surface area contributed by atoms with Crippen LogP contribution in [0, 0.1) is 17.8 Å². The van der Waals surface area contributed by atoms with Gasteiger partial charge in [-0.1, -0.05) is 27.2 Å². The molecular formula is C14H25NO2. The number of aliphatic carboxylic acids is 1. The van der Waals surface area contributed by atoms with Crippen molar-refractivity contribution in [3.05, 3.63) is 0 Å². The van der Waals surface area contributed by atoms with Gasteiger partial charge in [0.2, 0.25) is 0 Å². The van der Waals surface area contributed by atoms with E-state index < -0.39 is 5.97 Å². The summed E-state index contributed by atoms with van der Waals surface area (Å²) >= 11 is 0. The lowest BCUT2D eigenvalue weighted by molar-refractivity contribution is -0.145. The lowest BCUT2D eigenvalue weighted by Crippen LogP contribution is -2.51. The first-order valence-corrected chi connectivity index (χ1v) is 7.01. The number of nitrogens with zero attached hydrogens (tertiary/aromatic N) is 1. The summed E-state index contributed by atoms with van der Waals surface area (Å²) < 4.78 is 0. The Labute approximate surface area is 104 Å². The highest BCUT2D eigenvalue weighted by Gasteiger charge is 2.44. The summed E-state index contributed by atoms with van der Waals surface area (Å²) in [5.41, 5.74) is 0. The fourth-order valence-corrected chi connectivity index (χ4v) is 4.01. The van der Waals surface area contributed by atoms with Gasteiger partial charge in [0.15, 0.2) is 0 Å². The van der Waals surface area contributed by atoms with E-state index in [1.54, 1.807) is 0 Å². The third kappa shape index (κ3) is 2.35. The molecule has 0 spiro atoms. The maximum absolute atomic E-state index is 11.4. The molecule has 2 fully saturated rings. The predicted molar refractivity (Wildman–Crippen MR) is 67.9 cm³/mol. The first kappa shape index (κ1) is 12.9. The average molecular weight is 239 g/mol. The standard InChI is InChI=1S/C14H25NO2/c1-9-5-4-6-10(2)12(9)15-8-7-11(3)13(15)14(16)17/h9-13H,4-8H2,1-3H3,(H,16,17). The number of carbonyl (C=O) groups is 1. The molecule has 3 heteroatoms. The maximum atomic E-state index is 11.4. The summed E-state index contributed by atoms with van der Waals surface area (Å²) in [6.07, 6.45) is 4.85. The Balaban J connectivity index is 2.17. The highest BCUT2D eigenvalue weighted by molar-refractivity contribution is 5.74. The summed E-state index contributed by atoms with van der Waals surface area (Å²) in [6, 6.07) is 0.234. The molecule has 4 atom stereocenters. The zero-order valence-electron chi connectivity index (χ0n) is 11.2. The number of hydrogen-bond donors (Lipinski definition) is 1.